The first-order valence-electron chi connectivity index (χ1n) is 7.65. The van der Waals surface area contributed by atoms with Crippen LogP contribution in [0.3, 0.4) is 0 Å². The Hall–Kier alpha value is -1.99. The highest BCUT2D eigenvalue weighted by molar-refractivity contribution is 7.11. The van der Waals surface area contributed by atoms with Crippen LogP contribution in [0.2, 0.25) is 0 Å². The van der Waals surface area contributed by atoms with Crippen LogP contribution in [0.15, 0.2) is 17.5 Å². The second kappa shape index (κ2) is 7.27. The highest BCUT2D eigenvalue weighted by Crippen LogP contribution is 2.46. The lowest BCUT2D eigenvalue weighted by molar-refractivity contribution is 0.0415. The van der Waals surface area contributed by atoms with Crippen LogP contribution in [0.25, 0.3) is 0 Å². The van der Waals surface area contributed by atoms with Crippen LogP contribution in [-0.4, -0.2) is 33.4 Å². The Balaban J connectivity index is 1.82. The van der Waals surface area contributed by atoms with Gasteiger partial charge in [0.2, 0.25) is 5.75 Å². The molecule has 1 fully saturated rings. The first-order chi connectivity index (χ1) is 11.7. The van der Waals surface area contributed by atoms with E-state index in [2.05, 4.69) is 4.98 Å². The molecule has 2 heterocycles. The molecule has 3 rings (SSSR count). The maximum absolute atomic E-state index is 6.20. The second-order valence-electron chi connectivity index (χ2n) is 5.39. The number of hydrogen-bond acceptors (Lipinski definition) is 7. The molecule has 0 unspecified atom stereocenters. The fourth-order valence-electron chi connectivity index (χ4n) is 2.90. The average molecular weight is 351 g/mol. The van der Waals surface area contributed by atoms with Crippen LogP contribution in [-0.2, 0) is 4.74 Å². The van der Waals surface area contributed by atoms with E-state index >= 15 is 0 Å². The topological polar surface area (TPSA) is 59.0 Å². The van der Waals surface area contributed by atoms with E-state index in [1.165, 1.54) is 11.3 Å². The van der Waals surface area contributed by atoms with Crippen molar-refractivity contribution in [2.24, 2.45) is 0 Å². The molecule has 1 aromatic carbocycles. The molecule has 1 aliphatic heterocycles. The number of nitrogens with zero attached hydrogens (tertiary/aromatic N) is 1. The van der Waals surface area contributed by atoms with Crippen LogP contribution < -0.4 is 18.9 Å². The molecule has 130 valence electrons. The van der Waals surface area contributed by atoms with E-state index in [0.29, 0.717) is 22.4 Å². The van der Waals surface area contributed by atoms with Gasteiger partial charge >= 0.3 is 0 Å². The van der Waals surface area contributed by atoms with Gasteiger partial charge in [-0.2, -0.15) is 0 Å². The third-order valence-electron chi connectivity index (χ3n) is 4.08. The van der Waals surface area contributed by atoms with Gasteiger partial charge in [-0.3, -0.25) is 0 Å². The lowest BCUT2D eigenvalue weighted by atomic mass is 10.0. The monoisotopic (exact) mass is 351 g/mol. The van der Waals surface area contributed by atoms with Crippen LogP contribution >= 0.6 is 11.3 Å². The molecule has 2 atom stereocenters. The molecule has 0 amide bonds. The summed E-state index contributed by atoms with van der Waals surface area (Å²) in [5.74, 6) is 1.85. The minimum Gasteiger partial charge on any atom is -0.493 e. The van der Waals surface area contributed by atoms with Crippen molar-refractivity contribution in [3.8, 4) is 22.4 Å². The maximum Gasteiger partial charge on any atom is 0.273 e. The van der Waals surface area contributed by atoms with Gasteiger partial charge < -0.3 is 23.7 Å². The van der Waals surface area contributed by atoms with Crippen LogP contribution in [0, 0.1) is 0 Å². The average Bonchev–Trinajstić information content (AvgIpc) is 3.29. The standard InChI is InChI=1S/C17H21NO5S/c1-19-14-7-10(8-15(20-2)16(14)21-3)12-5-6-13(23-12)11-9-24-17(18-11)22-4/h7-9,12-13H,5-6H2,1-4H3/t12-,13-/m0/s1. The molecule has 1 aromatic heterocycles. The molecule has 1 aliphatic rings. The van der Waals surface area contributed by atoms with Gasteiger partial charge in [0.15, 0.2) is 11.5 Å². The van der Waals surface area contributed by atoms with Crippen molar-refractivity contribution in [1.82, 2.24) is 4.98 Å². The molecule has 24 heavy (non-hydrogen) atoms. The molecule has 0 N–H and O–H groups in total. The number of rotatable bonds is 6. The normalized spacial score (nSPS) is 20.0. The zero-order chi connectivity index (χ0) is 17.1. The van der Waals surface area contributed by atoms with E-state index < -0.39 is 0 Å². The predicted molar refractivity (Wildman–Crippen MR) is 90.6 cm³/mol. The smallest absolute Gasteiger partial charge is 0.273 e. The van der Waals surface area contributed by atoms with Gasteiger partial charge in [0.1, 0.15) is 6.10 Å². The van der Waals surface area contributed by atoms with Crippen molar-refractivity contribution < 1.29 is 23.7 Å². The van der Waals surface area contributed by atoms with Crippen molar-refractivity contribution in [2.45, 2.75) is 25.0 Å². The number of hydrogen-bond donors (Lipinski definition) is 0. The van der Waals surface area contributed by atoms with Gasteiger partial charge in [-0.05, 0) is 30.5 Å². The highest BCUT2D eigenvalue weighted by Gasteiger charge is 2.31. The third-order valence-corrected chi connectivity index (χ3v) is 4.90. The molecular weight excluding hydrogens is 330 g/mol. The molecule has 0 aliphatic carbocycles. The van der Waals surface area contributed by atoms with E-state index in [1.807, 2.05) is 17.5 Å². The Bertz CT molecular complexity index is 677. The first kappa shape index (κ1) is 16.9. The van der Waals surface area contributed by atoms with Crippen molar-refractivity contribution >= 4 is 11.3 Å². The van der Waals surface area contributed by atoms with Gasteiger partial charge in [0.05, 0.1) is 40.2 Å². The van der Waals surface area contributed by atoms with E-state index in [-0.39, 0.29) is 12.2 Å². The zero-order valence-corrected chi connectivity index (χ0v) is 15.0. The summed E-state index contributed by atoms with van der Waals surface area (Å²) in [6.45, 7) is 0. The van der Waals surface area contributed by atoms with Gasteiger partial charge in [0.25, 0.3) is 5.19 Å². The fraction of sp³-hybridized carbons (Fsp3) is 0.471. The number of methoxy groups -OCH3 is 4. The Morgan fingerprint density at radius 1 is 0.958 bits per heavy atom. The maximum atomic E-state index is 6.20. The molecular formula is C17H21NO5S. The number of aromatic nitrogens is 1. The SMILES string of the molecule is COc1nc([C@@H]2CC[C@@H](c3cc(OC)c(OC)c(OC)c3)O2)cs1. The van der Waals surface area contributed by atoms with Gasteiger partial charge in [-0.15, -0.1) is 0 Å². The van der Waals surface area contributed by atoms with Crippen molar-refractivity contribution in [2.75, 3.05) is 28.4 Å². The van der Waals surface area contributed by atoms with E-state index in [1.54, 1.807) is 28.4 Å². The quantitative estimate of drug-likeness (QED) is 0.789. The fourth-order valence-corrected chi connectivity index (χ4v) is 3.58. The van der Waals surface area contributed by atoms with Crippen LogP contribution in [0.1, 0.15) is 36.3 Å². The van der Waals surface area contributed by atoms with E-state index in [0.717, 1.165) is 24.1 Å². The molecule has 2 aromatic rings. The number of ether oxygens (including phenoxy) is 5. The Morgan fingerprint density at radius 2 is 1.62 bits per heavy atom. The Kier molecular flexibility index (Phi) is 5.11. The number of thiazole rings is 1. The molecule has 1 saturated heterocycles. The van der Waals surface area contributed by atoms with Crippen molar-refractivity contribution in [3.05, 3.63) is 28.8 Å². The number of benzene rings is 1. The first-order valence-corrected chi connectivity index (χ1v) is 8.52. The lowest BCUT2D eigenvalue weighted by Crippen LogP contribution is -2.02. The summed E-state index contributed by atoms with van der Waals surface area (Å²) >= 11 is 1.48. The minimum atomic E-state index is -0.0311. The van der Waals surface area contributed by atoms with Gasteiger partial charge in [-0.1, -0.05) is 11.3 Å². The summed E-state index contributed by atoms with van der Waals surface area (Å²) in [7, 11) is 6.44. The van der Waals surface area contributed by atoms with Crippen molar-refractivity contribution in [3.63, 3.8) is 0 Å². The van der Waals surface area contributed by atoms with Crippen LogP contribution in [0.5, 0.6) is 22.4 Å². The van der Waals surface area contributed by atoms with Gasteiger partial charge in [-0.25, -0.2) is 4.98 Å². The molecule has 7 heteroatoms. The molecule has 0 radical (unpaired) electrons. The lowest BCUT2D eigenvalue weighted by Gasteiger charge is -2.17. The highest BCUT2D eigenvalue weighted by atomic mass is 32.1. The Morgan fingerprint density at radius 3 is 2.17 bits per heavy atom. The second-order valence-corrected chi connectivity index (χ2v) is 6.21. The van der Waals surface area contributed by atoms with Crippen molar-refractivity contribution in [1.29, 1.82) is 0 Å². The van der Waals surface area contributed by atoms with Gasteiger partial charge in [0, 0.05) is 5.38 Å². The van der Waals surface area contributed by atoms with Crippen LogP contribution in [0.4, 0.5) is 0 Å². The molecule has 0 saturated carbocycles. The molecule has 6 nitrogen and oxygen atoms in total. The van der Waals surface area contributed by atoms with E-state index in [9.17, 15) is 0 Å². The summed E-state index contributed by atoms with van der Waals surface area (Å²) in [6, 6.07) is 3.88. The summed E-state index contributed by atoms with van der Waals surface area (Å²) < 4.78 is 27.6. The summed E-state index contributed by atoms with van der Waals surface area (Å²) in [5.41, 5.74) is 1.93. The largest absolute Gasteiger partial charge is 0.493 e. The summed E-state index contributed by atoms with van der Waals surface area (Å²) in [4.78, 5) is 4.44. The molecule has 0 spiro atoms. The third kappa shape index (κ3) is 3.14. The Labute approximate surface area is 145 Å². The van der Waals surface area contributed by atoms with E-state index in [4.69, 9.17) is 23.7 Å². The predicted octanol–water partition coefficient (Wildman–Crippen LogP) is 3.77. The summed E-state index contributed by atoms with van der Waals surface area (Å²) in [5, 5.41) is 2.64. The summed E-state index contributed by atoms with van der Waals surface area (Å²) in [6.07, 6.45) is 1.77. The minimum absolute atomic E-state index is 0.0192. The molecule has 0 bridgehead atoms. The zero-order valence-electron chi connectivity index (χ0n) is 14.2.